The number of hydrogen-bond donors (Lipinski definition) is 2. The van der Waals surface area contributed by atoms with E-state index in [0.29, 0.717) is 35.8 Å². The molecule has 1 aliphatic heterocycles. The summed E-state index contributed by atoms with van der Waals surface area (Å²) in [6.45, 7) is 1.38. The maximum Gasteiger partial charge on any atom is 0.257 e. The first kappa shape index (κ1) is 17.2. The quantitative estimate of drug-likeness (QED) is 0.863. The number of H-pyrrole nitrogens is 1. The Hall–Kier alpha value is -2.21. The van der Waals surface area contributed by atoms with E-state index in [1.165, 1.54) is 31.2 Å². The van der Waals surface area contributed by atoms with Crippen molar-refractivity contribution in [2.75, 3.05) is 19.7 Å². The van der Waals surface area contributed by atoms with Crippen molar-refractivity contribution in [1.29, 1.82) is 0 Å². The number of piperidine rings is 1. The average molecular weight is 357 g/mol. The molecule has 0 unspecified atom stereocenters. The monoisotopic (exact) mass is 357 g/mol. The lowest BCUT2D eigenvalue weighted by molar-refractivity contribution is 0.0196. The lowest BCUT2D eigenvalue weighted by Gasteiger charge is -2.42. The Morgan fingerprint density at radius 3 is 3.00 bits per heavy atom. The van der Waals surface area contributed by atoms with Crippen LogP contribution in [0, 0.1) is 17.2 Å². The van der Waals surface area contributed by atoms with Crippen molar-refractivity contribution in [3.05, 3.63) is 41.8 Å². The molecule has 5 nitrogen and oxygen atoms in total. The number of aliphatic hydroxyl groups excluding tert-OH is 1. The van der Waals surface area contributed by atoms with E-state index in [2.05, 4.69) is 10.2 Å². The van der Waals surface area contributed by atoms with Crippen LogP contribution in [0.25, 0.3) is 11.3 Å². The van der Waals surface area contributed by atoms with E-state index in [0.717, 1.165) is 19.3 Å². The van der Waals surface area contributed by atoms with Crippen molar-refractivity contribution in [3.8, 4) is 11.3 Å². The number of amides is 1. The van der Waals surface area contributed by atoms with Gasteiger partial charge in [0.1, 0.15) is 5.82 Å². The van der Waals surface area contributed by atoms with Gasteiger partial charge in [0, 0.05) is 24.1 Å². The van der Waals surface area contributed by atoms with E-state index in [9.17, 15) is 14.3 Å². The standard InChI is InChI=1S/C20H24FN3O2/c21-16-4-1-3-15(9-16)18-17(11-22-23-18)19(26)24-8-2-7-20(12-24,13-25)10-14-5-6-14/h1,3-4,9,11,14,25H,2,5-8,10,12-13H2,(H,22,23)/t20-/m0/s1. The Morgan fingerprint density at radius 1 is 1.42 bits per heavy atom. The Labute approximate surface area is 152 Å². The molecule has 1 atom stereocenters. The summed E-state index contributed by atoms with van der Waals surface area (Å²) < 4.78 is 13.6. The molecule has 4 rings (SSSR count). The predicted molar refractivity (Wildman–Crippen MR) is 96.0 cm³/mol. The largest absolute Gasteiger partial charge is 0.396 e. The number of rotatable bonds is 5. The van der Waals surface area contributed by atoms with Crippen molar-refractivity contribution < 1.29 is 14.3 Å². The van der Waals surface area contributed by atoms with Gasteiger partial charge in [-0.05, 0) is 37.3 Å². The van der Waals surface area contributed by atoms with Crippen molar-refractivity contribution in [2.45, 2.75) is 32.1 Å². The first-order valence-electron chi connectivity index (χ1n) is 9.30. The molecule has 1 saturated heterocycles. The molecule has 6 heteroatoms. The van der Waals surface area contributed by atoms with Gasteiger partial charge >= 0.3 is 0 Å². The molecule has 2 aliphatic rings. The van der Waals surface area contributed by atoms with E-state index >= 15 is 0 Å². The zero-order valence-corrected chi connectivity index (χ0v) is 14.7. The molecule has 1 amide bonds. The van der Waals surface area contributed by atoms with E-state index in [4.69, 9.17) is 0 Å². The Bertz CT molecular complexity index is 802. The zero-order valence-electron chi connectivity index (χ0n) is 14.7. The molecule has 1 aliphatic carbocycles. The third-order valence-electron chi connectivity index (χ3n) is 5.69. The van der Waals surface area contributed by atoms with E-state index in [-0.39, 0.29) is 23.7 Å². The van der Waals surface area contributed by atoms with E-state index in [1.807, 2.05) is 4.90 Å². The molecular formula is C20H24FN3O2. The summed E-state index contributed by atoms with van der Waals surface area (Å²) in [5.74, 6) is 0.248. The Kier molecular flexibility index (Phi) is 4.53. The summed E-state index contributed by atoms with van der Waals surface area (Å²) >= 11 is 0. The zero-order chi connectivity index (χ0) is 18.1. The molecule has 0 spiro atoms. The second-order valence-corrected chi connectivity index (χ2v) is 7.80. The van der Waals surface area contributed by atoms with Gasteiger partial charge in [0.2, 0.25) is 0 Å². The van der Waals surface area contributed by atoms with Gasteiger partial charge in [0.25, 0.3) is 5.91 Å². The fourth-order valence-electron chi connectivity index (χ4n) is 4.16. The van der Waals surface area contributed by atoms with Crippen LogP contribution in [0.4, 0.5) is 4.39 Å². The molecule has 1 saturated carbocycles. The number of carbonyl (C=O) groups is 1. The summed E-state index contributed by atoms with van der Waals surface area (Å²) in [5, 5.41) is 16.9. The fourth-order valence-corrected chi connectivity index (χ4v) is 4.16. The molecule has 2 aromatic rings. The van der Waals surface area contributed by atoms with Crippen LogP contribution in [0.1, 0.15) is 42.5 Å². The van der Waals surface area contributed by atoms with Gasteiger partial charge in [-0.3, -0.25) is 9.89 Å². The maximum atomic E-state index is 13.6. The number of hydrogen-bond acceptors (Lipinski definition) is 3. The van der Waals surface area contributed by atoms with Gasteiger partial charge in [-0.2, -0.15) is 5.10 Å². The lowest BCUT2D eigenvalue weighted by atomic mass is 9.76. The molecule has 138 valence electrons. The number of aromatic amines is 1. The highest BCUT2D eigenvalue weighted by atomic mass is 19.1. The van der Waals surface area contributed by atoms with E-state index < -0.39 is 0 Å². The second-order valence-electron chi connectivity index (χ2n) is 7.80. The molecule has 1 aromatic heterocycles. The normalized spacial score (nSPS) is 23.2. The third kappa shape index (κ3) is 3.38. The smallest absolute Gasteiger partial charge is 0.257 e. The highest BCUT2D eigenvalue weighted by Crippen LogP contribution is 2.44. The van der Waals surface area contributed by atoms with Crippen molar-refractivity contribution in [3.63, 3.8) is 0 Å². The van der Waals surface area contributed by atoms with Crippen molar-refractivity contribution in [2.24, 2.45) is 11.3 Å². The van der Waals surface area contributed by atoms with Gasteiger partial charge in [-0.25, -0.2) is 4.39 Å². The highest BCUT2D eigenvalue weighted by Gasteiger charge is 2.41. The van der Waals surface area contributed by atoms with Crippen molar-refractivity contribution >= 4 is 5.91 Å². The summed E-state index contributed by atoms with van der Waals surface area (Å²) in [5.41, 5.74) is 1.42. The molecule has 0 radical (unpaired) electrons. The number of likely N-dealkylation sites (tertiary alicyclic amines) is 1. The Balaban J connectivity index is 1.57. The molecule has 2 N–H and O–H groups in total. The average Bonchev–Trinajstić information content (AvgIpc) is 3.32. The van der Waals surface area contributed by atoms with Crippen LogP contribution in [0.5, 0.6) is 0 Å². The fraction of sp³-hybridized carbons (Fsp3) is 0.500. The van der Waals surface area contributed by atoms with Crippen LogP contribution in [0.3, 0.4) is 0 Å². The van der Waals surface area contributed by atoms with Crippen LogP contribution in [0.15, 0.2) is 30.5 Å². The molecule has 0 bridgehead atoms. The number of nitrogens with one attached hydrogen (secondary N) is 1. The summed E-state index contributed by atoms with van der Waals surface area (Å²) in [4.78, 5) is 15.0. The number of carbonyl (C=O) groups excluding carboxylic acids is 1. The summed E-state index contributed by atoms with van der Waals surface area (Å²) in [6.07, 6.45) is 6.84. The van der Waals surface area contributed by atoms with Gasteiger partial charge in [-0.15, -0.1) is 0 Å². The third-order valence-corrected chi connectivity index (χ3v) is 5.69. The van der Waals surface area contributed by atoms with Crippen LogP contribution in [-0.4, -0.2) is 45.8 Å². The van der Waals surface area contributed by atoms with Crippen LogP contribution in [-0.2, 0) is 0 Å². The van der Waals surface area contributed by atoms with Crippen LogP contribution < -0.4 is 0 Å². The van der Waals surface area contributed by atoms with Crippen LogP contribution >= 0.6 is 0 Å². The van der Waals surface area contributed by atoms with Crippen LogP contribution in [0.2, 0.25) is 0 Å². The molecule has 2 heterocycles. The Morgan fingerprint density at radius 2 is 2.27 bits per heavy atom. The van der Waals surface area contributed by atoms with Gasteiger partial charge in [0.05, 0.1) is 24.1 Å². The maximum absolute atomic E-state index is 13.6. The lowest BCUT2D eigenvalue weighted by Crippen LogP contribution is -2.48. The SMILES string of the molecule is O=C(c1cn[nH]c1-c1cccc(F)c1)N1CCC[C@](CO)(CC2CC2)C1. The molecule has 26 heavy (non-hydrogen) atoms. The molecule has 1 aromatic carbocycles. The van der Waals surface area contributed by atoms with E-state index in [1.54, 1.807) is 12.1 Å². The minimum absolute atomic E-state index is 0.105. The number of nitrogens with zero attached hydrogens (tertiary/aromatic N) is 2. The highest BCUT2D eigenvalue weighted by molar-refractivity contribution is 5.99. The van der Waals surface area contributed by atoms with Gasteiger partial charge in [-0.1, -0.05) is 25.0 Å². The molecular weight excluding hydrogens is 333 g/mol. The first-order valence-corrected chi connectivity index (χ1v) is 9.30. The minimum atomic E-state index is -0.350. The predicted octanol–water partition coefficient (Wildman–Crippen LogP) is 3.23. The number of aliphatic hydroxyl groups is 1. The number of benzene rings is 1. The summed E-state index contributed by atoms with van der Waals surface area (Å²) in [6, 6.07) is 6.15. The minimum Gasteiger partial charge on any atom is -0.396 e. The molecule has 2 fully saturated rings. The van der Waals surface area contributed by atoms with Crippen molar-refractivity contribution in [1.82, 2.24) is 15.1 Å². The number of halogens is 1. The topological polar surface area (TPSA) is 69.2 Å². The van der Waals surface area contributed by atoms with Gasteiger partial charge < -0.3 is 10.0 Å². The summed E-state index contributed by atoms with van der Waals surface area (Å²) in [7, 11) is 0. The number of aromatic nitrogens is 2. The van der Waals surface area contributed by atoms with Gasteiger partial charge in [0.15, 0.2) is 0 Å². The second kappa shape index (κ2) is 6.83. The first-order chi connectivity index (χ1) is 12.6.